The lowest BCUT2D eigenvalue weighted by atomic mass is 10.0. The molecule has 0 unspecified atom stereocenters. The minimum absolute atomic E-state index is 0.00425. The predicted molar refractivity (Wildman–Crippen MR) is 81.9 cm³/mol. The van der Waals surface area contributed by atoms with Gasteiger partial charge in [-0.15, -0.1) is 0 Å². The van der Waals surface area contributed by atoms with Gasteiger partial charge in [0.25, 0.3) is 0 Å². The Morgan fingerprint density at radius 1 is 1.25 bits per heavy atom. The van der Waals surface area contributed by atoms with Crippen molar-refractivity contribution in [2.24, 2.45) is 0 Å². The van der Waals surface area contributed by atoms with E-state index in [9.17, 15) is 18.0 Å². The zero-order valence-electron chi connectivity index (χ0n) is 13.5. The van der Waals surface area contributed by atoms with E-state index < -0.39 is 23.4 Å². The van der Waals surface area contributed by atoms with Crippen molar-refractivity contribution in [3.63, 3.8) is 0 Å². The van der Waals surface area contributed by atoms with Gasteiger partial charge in [-0.2, -0.15) is 18.4 Å². The summed E-state index contributed by atoms with van der Waals surface area (Å²) < 4.78 is 43.1. The van der Waals surface area contributed by atoms with Crippen molar-refractivity contribution in [3.05, 3.63) is 34.9 Å². The van der Waals surface area contributed by atoms with E-state index in [2.05, 4.69) is 17.2 Å². The fourth-order valence-corrected chi connectivity index (χ4v) is 1.62. The van der Waals surface area contributed by atoms with E-state index in [1.807, 2.05) is 0 Å². The van der Waals surface area contributed by atoms with E-state index >= 15 is 0 Å². The number of amides is 1. The largest absolute Gasteiger partial charge is 0.444 e. The van der Waals surface area contributed by atoms with Crippen molar-refractivity contribution < 1.29 is 22.7 Å². The summed E-state index contributed by atoms with van der Waals surface area (Å²) in [5.74, 6) is 5.17. The Labute approximate surface area is 138 Å². The van der Waals surface area contributed by atoms with Crippen LogP contribution in [-0.4, -0.2) is 18.2 Å². The van der Waals surface area contributed by atoms with Gasteiger partial charge in [-0.25, -0.2) is 4.79 Å². The number of nitrogens with zero attached hydrogens (tertiary/aromatic N) is 1. The Morgan fingerprint density at radius 3 is 2.46 bits per heavy atom. The number of carbonyl (C=O) groups is 1. The van der Waals surface area contributed by atoms with Crippen LogP contribution in [0.4, 0.5) is 18.0 Å². The van der Waals surface area contributed by atoms with Crippen LogP contribution in [-0.2, 0) is 10.9 Å². The second-order valence-corrected chi connectivity index (χ2v) is 5.85. The number of benzene rings is 1. The zero-order valence-corrected chi connectivity index (χ0v) is 13.5. The molecule has 0 aliphatic heterocycles. The number of ether oxygens (including phenoxy) is 1. The molecule has 0 atom stereocenters. The molecule has 1 amide bonds. The lowest BCUT2D eigenvalue weighted by Gasteiger charge is -2.19. The first-order chi connectivity index (χ1) is 11.0. The molecule has 0 fully saturated rings. The SMILES string of the molecule is CC(C)(C)OC(=O)NCCC#Cc1cc(C(F)(F)F)ccc1C#N. The van der Waals surface area contributed by atoms with Crippen LogP contribution in [0.3, 0.4) is 0 Å². The molecule has 0 heterocycles. The van der Waals surface area contributed by atoms with E-state index in [1.165, 1.54) is 0 Å². The van der Waals surface area contributed by atoms with Gasteiger partial charge in [0, 0.05) is 18.5 Å². The van der Waals surface area contributed by atoms with Crippen molar-refractivity contribution in [2.45, 2.75) is 39.0 Å². The zero-order chi connectivity index (χ0) is 18.4. The van der Waals surface area contributed by atoms with Crippen molar-refractivity contribution in [1.29, 1.82) is 5.26 Å². The lowest BCUT2D eigenvalue weighted by Crippen LogP contribution is -2.32. The third-order valence-electron chi connectivity index (χ3n) is 2.61. The Balaban J connectivity index is 2.69. The highest BCUT2D eigenvalue weighted by Gasteiger charge is 2.30. The minimum Gasteiger partial charge on any atom is -0.444 e. The van der Waals surface area contributed by atoms with Gasteiger partial charge < -0.3 is 10.1 Å². The summed E-state index contributed by atoms with van der Waals surface area (Å²) in [5.41, 5.74) is -1.41. The normalized spacial score (nSPS) is 11.0. The standard InChI is InChI=1S/C17H17F3N2O2/c1-16(2,3)24-15(23)22-9-5-4-6-12-10-14(17(18,19)20)8-7-13(12)11-21/h7-8,10H,5,9H2,1-3H3,(H,22,23). The molecular formula is C17H17F3N2O2. The average molecular weight is 338 g/mol. The Bertz CT molecular complexity index is 702. The maximum absolute atomic E-state index is 12.7. The number of rotatable bonds is 2. The number of nitrogens with one attached hydrogen (secondary N) is 1. The monoisotopic (exact) mass is 338 g/mol. The third kappa shape index (κ3) is 6.62. The fraction of sp³-hybridized carbons (Fsp3) is 0.412. The van der Waals surface area contributed by atoms with Gasteiger partial charge in [0.1, 0.15) is 11.7 Å². The number of alkyl halides is 3. The van der Waals surface area contributed by atoms with Gasteiger partial charge >= 0.3 is 12.3 Å². The average Bonchev–Trinajstić information content (AvgIpc) is 2.43. The quantitative estimate of drug-likeness (QED) is 0.658. The number of halogens is 3. The number of nitriles is 1. The van der Waals surface area contributed by atoms with E-state index in [0.717, 1.165) is 18.2 Å². The first kappa shape index (κ1) is 19.4. The Hall–Kier alpha value is -2.67. The fourth-order valence-electron chi connectivity index (χ4n) is 1.62. The van der Waals surface area contributed by atoms with Crippen molar-refractivity contribution >= 4 is 6.09 Å². The van der Waals surface area contributed by atoms with Gasteiger partial charge in [-0.1, -0.05) is 11.8 Å². The third-order valence-corrected chi connectivity index (χ3v) is 2.61. The Morgan fingerprint density at radius 2 is 1.92 bits per heavy atom. The van der Waals surface area contributed by atoms with Gasteiger partial charge in [0.05, 0.1) is 11.1 Å². The molecule has 0 saturated carbocycles. The first-order valence-corrected chi connectivity index (χ1v) is 7.10. The molecule has 0 aliphatic carbocycles. The molecule has 1 aromatic rings. The van der Waals surface area contributed by atoms with Crippen LogP contribution in [0.1, 0.15) is 43.9 Å². The van der Waals surface area contributed by atoms with Crippen LogP contribution in [0.25, 0.3) is 0 Å². The Kier molecular flexibility index (Phi) is 6.25. The van der Waals surface area contributed by atoms with Crippen LogP contribution >= 0.6 is 0 Å². The maximum Gasteiger partial charge on any atom is 0.416 e. The summed E-state index contributed by atoms with van der Waals surface area (Å²) in [5, 5.41) is 11.4. The van der Waals surface area contributed by atoms with Gasteiger partial charge in [-0.05, 0) is 39.0 Å². The molecule has 1 N–H and O–H groups in total. The van der Waals surface area contributed by atoms with E-state index in [0.29, 0.717) is 0 Å². The van der Waals surface area contributed by atoms with Crippen LogP contribution in [0.5, 0.6) is 0 Å². The molecule has 1 rings (SSSR count). The molecule has 0 bridgehead atoms. The molecule has 128 valence electrons. The van der Waals surface area contributed by atoms with Gasteiger partial charge in [0.2, 0.25) is 0 Å². The minimum atomic E-state index is -4.50. The number of alkyl carbamates (subject to hydrolysis) is 1. The van der Waals surface area contributed by atoms with Crippen LogP contribution in [0.2, 0.25) is 0 Å². The molecule has 4 nitrogen and oxygen atoms in total. The molecule has 0 saturated heterocycles. The van der Waals surface area contributed by atoms with Crippen LogP contribution in [0, 0.1) is 23.2 Å². The number of hydrogen-bond acceptors (Lipinski definition) is 3. The van der Waals surface area contributed by atoms with E-state index in [-0.39, 0.29) is 24.1 Å². The van der Waals surface area contributed by atoms with E-state index in [4.69, 9.17) is 10.00 Å². The summed E-state index contributed by atoms with van der Waals surface area (Å²) >= 11 is 0. The van der Waals surface area contributed by atoms with Crippen molar-refractivity contribution in [3.8, 4) is 17.9 Å². The molecular weight excluding hydrogens is 321 g/mol. The van der Waals surface area contributed by atoms with Crippen molar-refractivity contribution in [1.82, 2.24) is 5.32 Å². The number of carbonyl (C=O) groups excluding carboxylic acids is 1. The smallest absolute Gasteiger partial charge is 0.416 e. The first-order valence-electron chi connectivity index (χ1n) is 7.10. The molecule has 0 aliphatic rings. The second kappa shape index (κ2) is 7.74. The molecule has 0 aromatic heterocycles. The highest BCUT2D eigenvalue weighted by atomic mass is 19.4. The highest BCUT2D eigenvalue weighted by molar-refractivity contribution is 5.67. The summed E-state index contributed by atoms with van der Waals surface area (Å²) in [7, 11) is 0. The molecule has 0 spiro atoms. The second-order valence-electron chi connectivity index (χ2n) is 5.85. The topological polar surface area (TPSA) is 62.1 Å². The van der Waals surface area contributed by atoms with Crippen LogP contribution < -0.4 is 5.32 Å². The summed E-state index contributed by atoms with van der Waals surface area (Å²) in [4.78, 5) is 11.4. The molecule has 1 aromatic carbocycles. The van der Waals surface area contributed by atoms with Gasteiger partial charge in [0.15, 0.2) is 0 Å². The lowest BCUT2D eigenvalue weighted by molar-refractivity contribution is -0.137. The molecule has 24 heavy (non-hydrogen) atoms. The van der Waals surface area contributed by atoms with Crippen LogP contribution in [0.15, 0.2) is 18.2 Å². The summed E-state index contributed by atoms with van der Waals surface area (Å²) in [6, 6.07) is 4.57. The van der Waals surface area contributed by atoms with Gasteiger partial charge in [-0.3, -0.25) is 0 Å². The summed E-state index contributed by atoms with van der Waals surface area (Å²) in [6.07, 6.45) is -4.88. The predicted octanol–water partition coefficient (Wildman–Crippen LogP) is 3.84. The summed E-state index contributed by atoms with van der Waals surface area (Å²) in [6.45, 7) is 5.36. The number of hydrogen-bond donors (Lipinski definition) is 1. The molecule has 7 heteroatoms. The highest BCUT2D eigenvalue weighted by Crippen LogP contribution is 2.30. The van der Waals surface area contributed by atoms with E-state index in [1.54, 1.807) is 26.8 Å². The molecule has 0 radical (unpaired) electrons. The van der Waals surface area contributed by atoms with Crippen molar-refractivity contribution in [2.75, 3.05) is 6.54 Å². The maximum atomic E-state index is 12.7.